The Balaban J connectivity index is 3.30. The van der Waals surface area contributed by atoms with Crippen LogP contribution in [0.4, 0.5) is 5.69 Å². The second-order valence-electron chi connectivity index (χ2n) is 5.04. The molecule has 1 aromatic rings. The van der Waals surface area contributed by atoms with Gasteiger partial charge in [0.25, 0.3) is 5.69 Å². The summed E-state index contributed by atoms with van der Waals surface area (Å²) in [5.74, 6) is -0.120. The number of benzene rings is 1. The highest BCUT2D eigenvalue weighted by molar-refractivity contribution is 7.91. The van der Waals surface area contributed by atoms with Crippen LogP contribution in [0.5, 0.6) is 0 Å². The molecule has 5 nitrogen and oxygen atoms in total. The van der Waals surface area contributed by atoms with Crippen LogP contribution in [0.15, 0.2) is 29.2 Å². The van der Waals surface area contributed by atoms with E-state index in [1.165, 1.54) is 24.3 Å². The van der Waals surface area contributed by atoms with E-state index in [0.29, 0.717) is 0 Å². The molecule has 0 bridgehead atoms. The van der Waals surface area contributed by atoms with Gasteiger partial charge in [-0.2, -0.15) is 0 Å². The number of nitro groups is 1. The van der Waals surface area contributed by atoms with Gasteiger partial charge in [-0.15, -0.1) is 0 Å². The molecule has 0 fully saturated rings. The first-order valence-corrected chi connectivity index (χ1v) is 6.75. The van der Waals surface area contributed by atoms with Crippen molar-refractivity contribution in [3.8, 4) is 0 Å². The zero-order valence-electron chi connectivity index (χ0n) is 10.0. The molecule has 0 spiro atoms. The first kappa shape index (κ1) is 13.6. The van der Waals surface area contributed by atoms with Crippen molar-refractivity contribution in [2.45, 2.75) is 25.7 Å². The summed E-state index contributed by atoms with van der Waals surface area (Å²) < 4.78 is 24.1. The van der Waals surface area contributed by atoms with Crippen molar-refractivity contribution < 1.29 is 13.3 Å². The van der Waals surface area contributed by atoms with Crippen LogP contribution in [0, 0.1) is 15.5 Å². The molecule has 0 saturated heterocycles. The van der Waals surface area contributed by atoms with E-state index in [9.17, 15) is 18.5 Å². The van der Waals surface area contributed by atoms with Crippen molar-refractivity contribution in [2.75, 3.05) is 5.75 Å². The van der Waals surface area contributed by atoms with E-state index in [0.717, 1.165) is 0 Å². The van der Waals surface area contributed by atoms with Gasteiger partial charge in [0.05, 0.1) is 10.7 Å². The molecular formula is C11H15NO4S. The summed E-state index contributed by atoms with van der Waals surface area (Å²) in [6, 6.07) is 5.42. The summed E-state index contributed by atoms with van der Waals surface area (Å²) >= 11 is 0. The predicted molar refractivity (Wildman–Crippen MR) is 64.6 cm³/mol. The topological polar surface area (TPSA) is 77.3 Å². The lowest BCUT2D eigenvalue weighted by Gasteiger charge is -2.17. The molecule has 0 amide bonds. The number of para-hydroxylation sites is 1. The van der Waals surface area contributed by atoms with Crippen LogP contribution in [-0.4, -0.2) is 19.1 Å². The molecule has 0 aliphatic heterocycles. The Morgan fingerprint density at radius 1 is 1.24 bits per heavy atom. The molecule has 1 rings (SSSR count). The third-order valence-corrected chi connectivity index (χ3v) is 4.28. The lowest BCUT2D eigenvalue weighted by Crippen LogP contribution is -2.21. The van der Waals surface area contributed by atoms with E-state index in [-0.39, 0.29) is 16.3 Å². The van der Waals surface area contributed by atoms with Gasteiger partial charge in [-0.05, 0) is 11.5 Å². The molecule has 0 unspecified atom stereocenters. The van der Waals surface area contributed by atoms with Crippen molar-refractivity contribution in [1.29, 1.82) is 0 Å². The third kappa shape index (κ3) is 3.52. The van der Waals surface area contributed by atoms with E-state index in [1.807, 2.05) is 0 Å². The van der Waals surface area contributed by atoms with Gasteiger partial charge < -0.3 is 0 Å². The molecule has 0 atom stereocenters. The van der Waals surface area contributed by atoms with Gasteiger partial charge >= 0.3 is 0 Å². The van der Waals surface area contributed by atoms with Gasteiger partial charge in [-0.3, -0.25) is 10.1 Å². The third-order valence-electron chi connectivity index (χ3n) is 2.02. The highest BCUT2D eigenvalue weighted by atomic mass is 32.2. The highest BCUT2D eigenvalue weighted by Gasteiger charge is 2.29. The Morgan fingerprint density at radius 2 is 1.76 bits per heavy atom. The fourth-order valence-corrected chi connectivity index (χ4v) is 3.56. The molecule has 0 aliphatic rings. The number of rotatable bonds is 3. The quantitative estimate of drug-likeness (QED) is 0.615. The Bertz CT molecular complexity index is 529. The van der Waals surface area contributed by atoms with Crippen molar-refractivity contribution in [3.63, 3.8) is 0 Å². The number of sulfone groups is 1. The normalized spacial score (nSPS) is 12.4. The Morgan fingerprint density at radius 3 is 2.24 bits per heavy atom. The summed E-state index contributed by atoms with van der Waals surface area (Å²) in [5, 5.41) is 10.8. The van der Waals surface area contributed by atoms with E-state index in [1.54, 1.807) is 20.8 Å². The lowest BCUT2D eigenvalue weighted by molar-refractivity contribution is -0.387. The van der Waals surface area contributed by atoms with Gasteiger partial charge in [0.2, 0.25) is 0 Å². The van der Waals surface area contributed by atoms with Crippen LogP contribution in [-0.2, 0) is 9.84 Å². The molecule has 0 heterocycles. The zero-order valence-corrected chi connectivity index (χ0v) is 10.8. The van der Waals surface area contributed by atoms with Crippen molar-refractivity contribution in [2.24, 2.45) is 5.41 Å². The van der Waals surface area contributed by atoms with Crippen LogP contribution in [0.3, 0.4) is 0 Å². The van der Waals surface area contributed by atoms with Gasteiger partial charge in [-0.1, -0.05) is 32.9 Å². The summed E-state index contributed by atoms with van der Waals surface area (Å²) in [5.41, 5.74) is -0.806. The van der Waals surface area contributed by atoms with E-state index in [2.05, 4.69) is 0 Å². The molecule has 0 saturated carbocycles. The number of nitro benzene ring substituents is 1. The van der Waals surface area contributed by atoms with Crippen LogP contribution in [0.25, 0.3) is 0 Å². The van der Waals surface area contributed by atoms with E-state index >= 15 is 0 Å². The number of hydrogen-bond acceptors (Lipinski definition) is 4. The standard InChI is InChI=1S/C11H15NO4S/c1-11(2,3)8-17(15,16)10-7-5-4-6-9(10)12(13)14/h4-7H,8H2,1-3H3. The Kier molecular flexibility index (Phi) is 3.56. The summed E-state index contributed by atoms with van der Waals surface area (Å²) in [6.07, 6.45) is 0. The Labute approximate surface area is 101 Å². The van der Waals surface area contributed by atoms with Crippen molar-refractivity contribution >= 4 is 15.5 Å². The zero-order chi connectivity index (χ0) is 13.3. The fraction of sp³-hybridized carbons (Fsp3) is 0.455. The monoisotopic (exact) mass is 257 g/mol. The second-order valence-corrected chi connectivity index (χ2v) is 7.00. The molecular weight excluding hydrogens is 242 g/mol. The predicted octanol–water partition coefficient (Wildman–Crippen LogP) is 2.41. The van der Waals surface area contributed by atoms with Crippen molar-refractivity contribution in [1.82, 2.24) is 0 Å². The SMILES string of the molecule is CC(C)(C)CS(=O)(=O)c1ccccc1[N+](=O)[O-]. The van der Waals surface area contributed by atoms with E-state index in [4.69, 9.17) is 0 Å². The summed E-state index contributed by atoms with van der Waals surface area (Å²) in [4.78, 5) is 9.90. The first-order valence-electron chi connectivity index (χ1n) is 5.10. The Hall–Kier alpha value is -1.43. The number of nitrogens with zero attached hydrogens (tertiary/aromatic N) is 1. The van der Waals surface area contributed by atoms with Gasteiger partial charge in [-0.25, -0.2) is 8.42 Å². The smallest absolute Gasteiger partial charge is 0.258 e. The van der Waals surface area contributed by atoms with Crippen molar-refractivity contribution in [3.05, 3.63) is 34.4 Å². The first-order chi connectivity index (χ1) is 7.63. The molecule has 1 aromatic carbocycles. The minimum Gasteiger partial charge on any atom is -0.258 e. The average Bonchev–Trinajstić information content (AvgIpc) is 2.14. The minimum absolute atomic E-state index is 0.120. The van der Waals surface area contributed by atoms with Gasteiger partial charge in [0.15, 0.2) is 9.84 Å². The maximum absolute atomic E-state index is 12.1. The van der Waals surface area contributed by atoms with Crippen LogP contribution in [0.1, 0.15) is 20.8 Å². The summed E-state index contributed by atoms with van der Waals surface area (Å²) in [7, 11) is -3.64. The molecule has 6 heteroatoms. The maximum atomic E-state index is 12.1. The fourth-order valence-electron chi connectivity index (χ4n) is 1.52. The molecule has 17 heavy (non-hydrogen) atoms. The van der Waals surface area contributed by atoms with E-state index < -0.39 is 20.2 Å². The lowest BCUT2D eigenvalue weighted by atomic mass is 10.0. The highest BCUT2D eigenvalue weighted by Crippen LogP contribution is 2.28. The molecule has 0 aliphatic carbocycles. The van der Waals surface area contributed by atoms with Crippen LogP contribution >= 0.6 is 0 Å². The molecule has 0 aromatic heterocycles. The largest absolute Gasteiger partial charge is 0.287 e. The molecule has 0 N–H and O–H groups in total. The minimum atomic E-state index is -3.64. The average molecular weight is 257 g/mol. The summed E-state index contributed by atoms with van der Waals surface area (Å²) in [6.45, 7) is 5.33. The number of hydrogen-bond donors (Lipinski definition) is 0. The van der Waals surface area contributed by atoms with Crippen LogP contribution < -0.4 is 0 Å². The molecule has 94 valence electrons. The molecule has 0 radical (unpaired) electrons. The second kappa shape index (κ2) is 4.44. The maximum Gasteiger partial charge on any atom is 0.287 e. The van der Waals surface area contributed by atoms with Gasteiger partial charge in [0, 0.05) is 6.07 Å². The van der Waals surface area contributed by atoms with Crippen LogP contribution in [0.2, 0.25) is 0 Å². The van der Waals surface area contributed by atoms with Gasteiger partial charge in [0.1, 0.15) is 4.90 Å².